The van der Waals surface area contributed by atoms with Gasteiger partial charge >= 0.3 is 0 Å². The van der Waals surface area contributed by atoms with Gasteiger partial charge in [0, 0.05) is 5.56 Å². The molecule has 0 saturated heterocycles. The lowest BCUT2D eigenvalue weighted by Crippen LogP contribution is -2.02. The van der Waals surface area contributed by atoms with E-state index in [1.54, 1.807) is 0 Å². The minimum atomic E-state index is 0.597. The Morgan fingerprint density at radius 1 is 1.08 bits per heavy atom. The lowest BCUT2D eigenvalue weighted by molar-refractivity contribution is 0.697. The summed E-state index contributed by atoms with van der Waals surface area (Å²) in [6.07, 6.45) is 3.50. The van der Waals surface area contributed by atoms with E-state index in [0.29, 0.717) is 5.82 Å². The summed E-state index contributed by atoms with van der Waals surface area (Å²) < 4.78 is 2.16. The Balaban J connectivity index is 1.76. The van der Waals surface area contributed by atoms with Crippen molar-refractivity contribution in [1.82, 2.24) is 30.4 Å². The molecule has 0 atom stereocenters. The third-order valence-electron chi connectivity index (χ3n) is 4.31. The summed E-state index contributed by atoms with van der Waals surface area (Å²) in [6, 6.07) is 14.9. The van der Waals surface area contributed by atoms with Crippen LogP contribution in [0.2, 0.25) is 0 Å². The van der Waals surface area contributed by atoms with E-state index in [1.807, 2.05) is 6.07 Å². The number of tetrazole rings is 1. The van der Waals surface area contributed by atoms with Gasteiger partial charge in [0.25, 0.3) is 0 Å². The quantitative estimate of drug-likeness (QED) is 0.571. The summed E-state index contributed by atoms with van der Waals surface area (Å²) in [6.45, 7) is 3.00. The molecule has 6 heteroatoms. The van der Waals surface area contributed by atoms with Crippen LogP contribution in [-0.4, -0.2) is 30.4 Å². The van der Waals surface area contributed by atoms with Crippen LogP contribution in [0.3, 0.4) is 0 Å². The zero-order valence-electron chi connectivity index (χ0n) is 13.7. The molecule has 2 aromatic rings. The normalized spacial score (nSPS) is 11.4. The smallest absolute Gasteiger partial charge is 0.222 e. The van der Waals surface area contributed by atoms with Crippen LogP contribution in [0.15, 0.2) is 42.5 Å². The van der Waals surface area contributed by atoms with Crippen LogP contribution in [0.5, 0.6) is 0 Å². The highest BCUT2D eigenvalue weighted by Gasteiger charge is 2.21. The van der Waals surface area contributed by atoms with Gasteiger partial charge in [0.05, 0.1) is 12.2 Å². The summed E-state index contributed by atoms with van der Waals surface area (Å²) in [5, 5.41) is 17.9. The highest BCUT2D eigenvalue weighted by molar-refractivity contribution is 5.79. The molecule has 1 aromatic carbocycles. The molecule has 0 bridgehead atoms. The standard InChI is InChI=1S/C18H20N6/c1-2-3-7-14-10-15-16(11-14)24(12-13-8-5-4-6-9-13)21-17(15)18-19-22-23-20-18/h4-6,8-11,21H,2-3,7,12H2,1H3,(H,19,20,22,23). The van der Waals surface area contributed by atoms with E-state index in [2.05, 4.69) is 73.7 Å². The molecule has 2 aliphatic rings. The average Bonchev–Trinajstić information content (AvgIpc) is 3.32. The van der Waals surface area contributed by atoms with Gasteiger partial charge in [0.1, 0.15) is 5.69 Å². The second kappa shape index (κ2) is 6.31. The fourth-order valence-corrected chi connectivity index (χ4v) is 3.09. The van der Waals surface area contributed by atoms with E-state index < -0.39 is 0 Å². The second-order valence-corrected chi connectivity index (χ2v) is 6.06. The maximum atomic E-state index is 4.14. The first-order chi connectivity index (χ1) is 11.8. The zero-order chi connectivity index (χ0) is 16.4. The van der Waals surface area contributed by atoms with Crippen molar-refractivity contribution in [3.63, 3.8) is 0 Å². The molecule has 0 unspecified atom stereocenters. The summed E-state index contributed by atoms with van der Waals surface area (Å²) in [5.41, 5.74) is 5.87. The zero-order valence-corrected chi connectivity index (χ0v) is 13.7. The van der Waals surface area contributed by atoms with Crippen LogP contribution >= 0.6 is 0 Å². The van der Waals surface area contributed by atoms with Crippen molar-refractivity contribution in [2.75, 3.05) is 0 Å². The Kier molecular flexibility index (Phi) is 3.86. The molecule has 2 heterocycles. The van der Waals surface area contributed by atoms with E-state index in [1.165, 1.54) is 29.7 Å². The molecule has 2 N–H and O–H groups in total. The number of unbranched alkanes of at least 4 members (excludes halogenated alkanes) is 1. The second-order valence-electron chi connectivity index (χ2n) is 6.06. The maximum Gasteiger partial charge on any atom is 0.222 e. The van der Waals surface area contributed by atoms with Crippen molar-refractivity contribution in [2.45, 2.75) is 32.7 Å². The average molecular weight is 320 g/mol. The summed E-state index contributed by atoms with van der Waals surface area (Å²) in [5.74, 6) is 0.597. The number of nitrogens with one attached hydrogen (secondary N) is 2. The van der Waals surface area contributed by atoms with E-state index in [4.69, 9.17) is 0 Å². The van der Waals surface area contributed by atoms with Crippen LogP contribution in [-0.2, 0) is 13.0 Å². The predicted molar refractivity (Wildman–Crippen MR) is 92.7 cm³/mol. The van der Waals surface area contributed by atoms with Crippen LogP contribution in [0.1, 0.15) is 30.9 Å². The first-order valence-electron chi connectivity index (χ1n) is 8.34. The van der Waals surface area contributed by atoms with E-state index in [0.717, 1.165) is 24.2 Å². The number of aromatic amines is 2. The molecular weight excluding hydrogens is 300 g/mol. The van der Waals surface area contributed by atoms with Crippen molar-refractivity contribution < 1.29 is 0 Å². The number of nitrogens with zero attached hydrogens (tertiary/aromatic N) is 4. The van der Waals surface area contributed by atoms with Crippen molar-refractivity contribution in [3.05, 3.63) is 53.6 Å². The molecule has 0 amide bonds. The van der Waals surface area contributed by atoms with E-state index in [9.17, 15) is 0 Å². The number of rotatable bonds is 6. The highest BCUT2D eigenvalue weighted by Crippen LogP contribution is 2.35. The van der Waals surface area contributed by atoms with Gasteiger partial charge in [-0.3, -0.25) is 9.78 Å². The highest BCUT2D eigenvalue weighted by atomic mass is 15.5. The van der Waals surface area contributed by atoms with Gasteiger partial charge in [-0.25, -0.2) is 0 Å². The fourth-order valence-electron chi connectivity index (χ4n) is 3.09. The number of benzene rings is 1. The number of H-pyrrole nitrogens is 2. The molecule has 0 radical (unpaired) electrons. The first-order valence-corrected chi connectivity index (χ1v) is 8.34. The minimum Gasteiger partial charge on any atom is -0.294 e. The van der Waals surface area contributed by atoms with Crippen molar-refractivity contribution >= 4 is 0 Å². The molecule has 1 aromatic heterocycles. The number of aryl methyl sites for hydroxylation is 1. The van der Waals surface area contributed by atoms with Crippen LogP contribution < -0.4 is 0 Å². The molecule has 0 spiro atoms. The lowest BCUT2D eigenvalue weighted by atomic mass is 10.1. The Labute approximate surface area is 140 Å². The topological polar surface area (TPSA) is 75.2 Å². The number of hydrogen-bond acceptors (Lipinski definition) is 3. The van der Waals surface area contributed by atoms with E-state index in [-0.39, 0.29) is 0 Å². The summed E-state index contributed by atoms with van der Waals surface area (Å²) in [7, 11) is 0. The Morgan fingerprint density at radius 3 is 2.71 bits per heavy atom. The summed E-state index contributed by atoms with van der Waals surface area (Å²) in [4.78, 5) is 0. The molecule has 6 nitrogen and oxygen atoms in total. The lowest BCUT2D eigenvalue weighted by Gasteiger charge is -2.05. The first kappa shape index (κ1) is 14.7. The van der Waals surface area contributed by atoms with Gasteiger partial charge in [0.2, 0.25) is 5.82 Å². The van der Waals surface area contributed by atoms with Gasteiger partial charge in [-0.1, -0.05) is 43.7 Å². The molecule has 1 aliphatic heterocycles. The molecule has 0 saturated carbocycles. The van der Waals surface area contributed by atoms with Crippen LogP contribution in [0, 0.1) is 0 Å². The largest absolute Gasteiger partial charge is 0.294 e. The van der Waals surface area contributed by atoms with Crippen LogP contribution in [0.4, 0.5) is 0 Å². The monoisotopic (exact) mass is 320 g/mol. The molecule has 24 heavy (non-hydrogen) atoms. The van der Waals surface area contributed by atoms with Gasteiger partial charge in [-0.05, 0) is 41.3 Å². The molecule has 0 fully saturated rings. The Bertz CT molecular complexity index is 872. The predicted octanol–water partition coefficient (Wildman–Crippen LogP) is 3.49. The van der Waals surface area contributed by atoms with Crippen molar-refractivity contribution in [2.24, 2.45) is 0 Å². The minimum absolute atomic E-state index is 0.597. The summed E-state index contributed by atoms with van der Waals surface area (Å²) >= 11 is 0. The number of hydrogen-bond donors (Lipinski definition) is 2. The number of fused-ring (bicyclic) bond motifs is 1. The van der Waals surface area contributed by atoms with Gasteiger partial charge in [0.15, 0.2) is 0 Å². The van der Waals surface area contributed by atoms with E-state index >= 15 is 0 Å². The fraction of sp³-hybridized carbons (Fsp3) is 0.278. The third kappa shape index (κ3) is 2.71. The molecule has 4 rings (SSSR count). The maximum absolute atomic E-state index is 4.14. The van der Waals surface area contributed by atoms with Crippen LogP contribution in [0.25, 0.3) is 22.8 Å². The van der Waals surface area contributed by atoms with Gasteiger partial charge < -0.3 is 0 Å². The Hall–Kier alpha value is -2.89. The van der Waals surface area contributed by atoms with Crippen molar-refractivity contribution in [1.29, 1.82) is 0 Å². The SMILES string of the molecule is CCCCc1cc2c(-c3nn[nH]n3)[nH]n(Cc3ccccc3)c-2c1. The van der Waals surface area contributed by atoms with Gasteiger partial charge in [-0.2, -0.15) is 5.21 Å². The molecule has 1 aliphatic carbocycles. The van der Waals surface area contributed by atoms with Gasteiger partial charge in [-0.15, -0.1) is 10.2 Å². The molecule has 122 valence electrons. The third-order valence-corrected chi connectivity index (χ3v) is 4.31. The van der Waals surface area contributed by atoms with Crippen molar-refractivity contribution in [3.8, 4) is 22.8 Å². The number of aromatic nitrogens is 6. The molecular formula is C18H20N6. The Morgan fingerprint density at radius 2 is 1.96 bits per heavy atom.